The molecule has 0 radical (unpaired) electrons. The fraction of sp³-hybridized carbons (Fsp3) is 0.562. The predicted molar refractivity (Wildman–Crippen MR) is 82.8 cm³/mol. The van der Waals surface area contributed by atoms with Crippen molar-refractivity contribution in [3.05, 3.63) is 23.8 Å². The number of carbonyl (C=O) groups is 1. The number of benzene rings is 1. The molecule has 0 spiro atoms. The van der Waals surface area contributed by atoms with E-state index in [9.17, 15) is 13.6 Å². The summed E-state index contributed by atoms with van der Waals surface area (Å²) in [5.41, 5.74) is 5.51. The zero-order chi connectivity index (χ0) is 17.0. The number of cyclic esters (lactones) is 1. The smallest absolute Gasteiger partial charge is 0.414 e. The average Bonchev–Trinajstić information content (AvgIpc) is 3.19. The van der Waals surface area contributed by atoms with Gasteiger partial charge in [-0.05, 0) is 6.42 Å². The van der Waals surface area contributed by atoms with Crippen LogP contribution in [-0.2, 0) is 9.47 Å². The Morgan fingerprint density at radius 2 is 2.00 bits per heavy atom. The van der Waals surface area contributed by atoms with Gasteiger partial charge < -0.3 is 20.1 Å². The lowest BCUT2D eigenvalue weighted by molar-refractivity contribution is 0.0971. The number of nitrogens with zero attached hydrogens (tertiary/aromatic N) is 2. The molecule has 3 aliphatic rings. The van der Waals surface area contributed by atoms with Gasteiger partial charge in [-0.1, -0.05) is 6.92 Å². The molecule has 1 amide bonds. The van der Waals surface area contributed by atoms with Gasteiger partial charge in [-0.3, -0.25) is 4.90 Å². The number of anilines is 2. The van der Waals surface area contributed by atoms with E-state index in [1.165, 1.54) is 4.90 Å². The van der Waals surface area contributed by atoms with Crippen LogP contribution < -0.4 is 15.5 Å². The van der Waals surface area contributed by atoms with Gasteiger partial charge in [-0.15, -0.1) is 0 Å². The topological polar surface area (TPSA) is 68.0 Å². The Hall–Kier alpha value is -1.93. The normalized spacial score (nSPS) is 31.9. The lowest BCUT2D eigenvalue weighted by atomic mass is 9.99. The summed E-state index contributed by atoms with van der Waals surface area (Å²) >= 11 is 0. The van der Waals surface area contributed by atoms with E-state index in [4.69, 9.17) is 15.2 Å². The van der Waals surface area contributed by atoms with E-state index in [0.717, 1.165) is 18.6 Å². The van der Waals surface area contributed by atoms with Gasteiger partial charge in [0.15, 0.2) is 11.6 Å². The summed E-state index contributed by atoms with van der Waals surface area (Å²) in [6, 6.07) is 2.32. The molecule has 0 aliphatic carbocycles. The number of hydrogen-bond acceptors (Lipinski definition) is 5. The number of fused-ring (bicyclic) bond motifs is 2. The van der Waals surface area contributed by atoms with Crippen LogP contribution in [-0.4, -0.2) is 44.2 Å². The van der Waals surface area contributed by atoms with Crippen LogP contribution in [0.5, 0.6) is 0 Å². The highest BCUT2D eigenvalue weighted by Crippen LogP contribution is 2.41. The number of ether oxygens (including phenoxy) is 2. The molecule has 2 unspecified atom stereocenters. The third-order valence-corrected chi connectivity index (χ3v) is 4.90. The van der Waals surface area contributed by atoms with Crippen molar-refractivity contribution in [1.29, 1.82) is 0 Å². The molecule has 2 N–H and O–H groups in total. The minimum absolute atomic E-state index is 0.0161. The largest absolute Gasteiger partial charge is 0.443 e. The summed E-state index contributed by atoms with van der Waals surface area (Å²) in [7, 11) is 0. The molecule has 24 heavy (non-hydrogen) atoms. The number of piperidine rings is 1. The molecule has 3 aliphatic heterocycles. The van der Waals surface area contributed by atoms with Crippen molar-refractivity contribution in [3.8, 4) is 0 Å². The Labute approximate surface area is 138 Å². The van der Waals surface area contributed by atoms with Gasteiger partial charge in [0.25, 0.3) is 0 Å². The first-order chi connectivity index (χ1) is 11.5. The van der Waals surface area contributed by atoms with E-state index in [0.29, 0.717) is 6.54 Å². The Kier molecular flexibility index (Phi) is 3.61. The molecule has 3 saturated heterocycles. The predicted octanol–water partition coefficient (Wildman–Crippen LogP) is 1.82. The molecular weight excluding hydrogens is 320 g/mol. The van der Waals surface area contributed by atoms with E-state index in [1.54, 1.807) is 4.90 Å². The number of amides is 1. The maximum absolute atomic E-state index is 14.6. The first-order valence-corrected chi connectivity index (χ1v) is 8.07. The van der Waals surface area contributed by atoms with Gasteiger partial charge >= 0.3 is 6.09 Å². The third-order valence-electron chi connectivity index (χ3n) is 4.90. The van der Waals surface area contributed by atoms with Gasteiger partial charge in [0.1, 0.15) is 18.0 Å². The lowest BCUT2D eigenvalue weighted by Gasteiger charge is -2.31. The van der Waals surface area contributed by atoms with Crippen molar-refractivity contribution in [1.82, 2.24) is 0 Å². The molecule has 1 aromatic rings. The minimum Gasteiger partial charge on any atom is -0.443 e. The van der Waals surface area contributed by atoms with Crippen LogP contribution >= 0.6 is 0 Å². The first kappa shape index (κ1) is 15.6. The van der Waals surface area contributed by atoms with Crippen molar-refractivity contribution in [2.24, 2.45) is 11.7 Å². The molecule has 6 nitrogen and oxygen atoms in total. The van der Waals surface area contributed by atoms with Gasteiger partial charge in [0, 0.05) is 31.1 Å². The molecule has 1 aromatic carbocycles. The average molecular weight is 339 g/mol. The monoisotopic (exact) mass is 339 g/mol. The highest BCUT2D eigenvalue weighted by molar-refractivity contribution is 5.90. The Morgan fingerprint density at radius 1 is 1.29 bits per heavy atom. The highest BCUT2D eigenvalue weighted by atomic mass is 19.1. The highest BCUT2D eigenvalue weighted by Gasteiger charge is 2.46. The van der Waals surface area contributed by atoms with Crippen LogP contribution in [0, 0.1) is 17.6 Å². The summed E-state index contributed by atoms with van der Waals surface area (Å²) in [5.74, 6) is -1.20. The van der Waals surface area contributed by atoms with Gasteiger partial charge in [0.2, 0.25) is 0 Å². The van der Waals surface area contributed by atoms with Gasteiger partial charge in [-0.2, -0.15) is 0 Å². The molecule has 0 saturated carbocycles. The number of halogens is 2. The second-order valence-corrected chi connectivity index (χ2v) is 6.62. The Balaban J connectivity index is 1.64. The van der Waals surface area contributed by atoms with Crippen molar-refractivity contribution >= 4 is 17.5 Å². The van der Waals surface area contributed by atoms with E-state index >= 15 is 0 Å². The van der Waals surface area contributed by atoms with E-state index < -0.39 is 23.8 Å². The molecule has 3 heterocycles. The summed E-state index contributed by atoms with van der Waals surface area (Å²) in [4.78, 5) is 14.7. The summed E-state index contributed by atoms with van der Waals surface area (Å²) < 4.78 is 40.0. The van der Waals surface area contributed by atoms with E-state index in [-0.39, 0.29) is 42.7 Å². The Bertz CT molecular complexity index is 664. The second kappa shape index (κ2) is 5.56. The van der Waals surface area contributed by atoms with Gasteiger partial charge in [-0.25, -0.2) is 13.6 Å². The summed E-state index contributed by atoms with van der Waals surface area (Å²) in [6.45, 7) is 2.83. The molecule has 2 bridgehead atoms. The number of hydrogen-bond donors (Lipinski definition) is 1. The summed E-state index contributed by atoms with van der Waals surface area (Å²) in [5, 5.41) is 0. The second-order valence-electron chi connectivity index (χ2n) is 6.62. The van der Waals surface area contributed by atoms with Crippen molar-refractivity contribution in [2.45, 2.75) is 31.8 Å². The third kappa shape index (κ3) is 2.32. The van der Waals surface area contributed by atoms with Crippen LogP contribution in [0.15, 0.2) is 12.1 Å². The molecular formula is C16H19F2N3O3. The molecule has 4 rings (SSSR count). The number of nitrogens with two attached hydrogens (primary N) is 1. The SMILES string of the molecule is C[C@H]1CC2CN(c3c(F)cc(N4C[C@H](CN)OC4=O)cc3F)C1O2. The zero-order valence-corrected chi connectivity index (χ0v) is 13.2. The fourth-order valence-corrected chi connectivity index (χ4v) is 3.80. The first-order valence-electron chi connectivity index (χ1n) is 8.07. The van der Waals surface area contributed by atoms with Gasteiger partial charge in [0.05, 0.1) is 18.3 Å². The zero-order valence-electron chi connectivity index (χ0n) is 13.2. The fourth-order valence-electron chi connectivity index (χ4n) is 3.80. The number of rotatable bonds is 3. The van der Waals surface area contributed by atoms with E-state index in [2.05, 4.69) is 0 Å². The van der Waals surface area contributed by atoms with Crippen molar-refractivity contribution in [2.75, 3.05) is 29.4 Å². The van der Waals surface area contributed by atoms with Crippen LogP contribution in [0.25, 0.3) is 0 Å². The molecule has 8 heteroatoms. The quantitative estimate of drug-likeness (QED) is 0.910. The maximum Gasteiger partial charge on any atom is 0.414 e. The van der Waals surface area contributed by atoms with Crippen LogP contribution in [0.1, 0.15) is 13.3 Å². The van der Waals surface area contributed by atoms with Crippen molar-refractivity contribution < 1.29 is 23.0 Å². The van der Waals surface area contributed by atoms with Crippen LogP contribution in [0.3, 0.4) is 0 Å². The standard InChI is InChI=1S/C16H19F2N3O3/c1-8-2-10-6-21(15(8)23-10)14-12(17)3-9(4-13(14)18)20-7-11(5-19)24-16(20)22/h3-4,8,10-11,15H,2,5-7,19H2,1H3/t8-,10?,11-,15?/m0/s1. The van der Waals surface area contributed by atoms with E-state index in [1.807, 2.05) is 6.92 Å². The molecule has 4 atom stereocenters. The lowest BCUT2D eigenvalue weighted by Crippen LogP contribution is -2.39. The number of carbonyl (C=O) groups excluding carboxylic acids is 1. The van der Waals surface area contributed by atoms with Crippen LogP contribution in [0.4, 0.5) is 25.0 Å². The molecule has 0 aromatic heterocycles. The van der Waals surface area contributed by atoms with Crippen molar-refractivity contribution in [3.63, 3.8) is 0 Å². The maximum atomic E-state index is 14.6. The Morgan fingerprint density at radius 3 is 2.54 bits per heavy atom. The van der Waals surface area contributed by atoms with Crippen LogP contribution in [0.2, 0.25) is 0 Å². The summed E-state index contributed by atoms with van der Waals surface area (Å²) in [6.07, 6.45) is -0.491. The molecule has 130 valence electrons. The molecule has 3 fully saturated rings. The minimum atomic E-state index is -0.711.